The van der Waals surface area contributed by atoms with Crippen molar-refractivity contribution in [1.29, 1.82) is 0 Å². The predicted octanol–water partition coefficient (Wildman–Crippen LogP) is 5.76. The Morgan fingerprint density at radius 1 is 0.971 bits per heavy atom. The van der Waals surface area contributed by atoms with Crippen LogP contribution in [0.2, 0.25) is 5.02 Å². The van der Waals surface area contributed by atoms with E-state index in [1.807, 2.05) is 0 Å². The number of phenols is 1. The maximum Gasteiger partial charge on any atom is 0.295 e. The van der Waals surface area contributed by atoms with Crippen LogP contribution in [0.15, 0.2) is 54.1 Å². The second kappa shape index (κ2) is 12.8. The molecular formula is C28H35ClN2O4. The average Bonchev–Trinajstić information content (AvgIpc) is 3.10. The molecule has 0 aromatic heterocycles. The largest absolute Gasteiger partial charge is 0.508 e. The summed E-state index contributed by atoms with van der Waals surface area (Å²) >= 11 is 5.98. The molecule has 1 saturated heterocycles. The molecular weight excluding hydrogens is 464 g/mol. The predicted molar refractivity (Wildman–Crippen MR) is 139 cm³/mol. The summed E-state index contributed by atoms with van der Waals surface area (Å²) in [6, 6.07) is 12.2. The fraction of sp³-hybridized carbons (Fsp3) is 0.429. The van der Waals surface area contributed by atoms with Crippen molar-refractivity contribution in [3.63, 3.8) is 0 Å². The molecule has 0 bridgehead atoms. The molecule has 1 atom stereocenters. The second-order valence-corrected chi connectivity index (χ2v) is 9.43. The van der Waals surface area contributed by atoms with E-state index >= 15 is 0 Å². The van der Waals surface area contributed by atoms with Crippen molar-refractivity contribution in [3.05, 3.63) is 70.3 Å². The SMILES string of the molecule is CCCCN(CCCC)CCCN1C(=O)C(=O)C(=C(O)c2ccc(Cl)cc2)[C@@H]1c1cccc(O)c1. The number of amides is 1. The number of benzene rings is 2. The third-order valence-electron chi connectivity index (χ3n) is 6.37. The minimum Gasteiger partial charge on any atom is -0.508 e. The monoisotopic (exact) mass is 498 g/mol. The number of phenolic OH excluding ortho intramolecular Hbond substituents is 1. The smallest absolute Gasteiger partial charge is 0.295 e. The van der Waals surface area contributed by atoms with Gasteiger partial charge < -0.3 is 20.0 Å². The summed E-state index contributed by atoms with van der Waals surface area (Å²) in [4.78, 5) is 30.2. The van der Waals surface area contributed by atoms with Crippen molar-refractivity contribution < 1.29 is 19.8 Å². The molecule has 1 aliphatic rings. The molecule has 0 aliphatic carbocycles. The highest BCUT2D eigenvalue weighted by atomic mass is 35.5. The van der Waals surface area contributed by atoms with E-state index in [1.165, 1.54) is 17.0 Å². The molecule has 3 rings (SSSR count). The number of carbonyl (C=O) groups excluding carboxylic acids is 2. The molecule has 0 saturated carbocycles. The van der Waals surface area contributed by atoms with Gasteiger partial charge in [-0.15, -0.1) is 0 Å². The minimum absolute atomic E-state index is 0.0248. The Labute approximate surface area is 212 Å². The van der Waals surface area contributed by atoms with Crippen molar-refractivity contribution >= 4 is 29.1 Å². The lowest BCUT2D eigenvalue weighted by Gasteiger charge is -2.27. The molecule has 1 fully saturated rings. The van der Waals surface area contributed by atoms with Crippen LogP contribution in [0.3, 0.4) is 0 Å². The molecule has 0 unspecified atom stereocenters. The fourth-order valence-corrected chi connectivity index (χ4v) is 4.60. The Balaban J connectivity index is 1.91. The van der Waals surface area contributed by atoms with Crippen LogP contribution in [0.4, 0.5) is 0 Å². The number of unbranched alkanes of at least 4 members (excludes halogenated alkanes) is 2. The maximum absolute atomic E-state index is 13.1. The number of aliphatic hydroxyl groups is 1. The van der Waals surface area contributed by atoms with Gasteiger partial charge in [0.15, 0.2) is 0 Å². The highest BCUT2D eigenvalue weighted by molar-refractivity contribution is 6.46. The van der Waals surface area contributed by atoms with Gasteiger partial charge in [0.05, 0.1) is 11.6 Å². The van der Waals surface area contributed by atoms with E-state index in [2.05, 4.69) is 18.7 Å². The van der Waals surface area contributed by atoms with Crippen LogP contribution in [0.5, 0.6) is 5.75 Å². The summed E-state index contributed by atoms with van der Waals surface area (Å²) < 4.78 is 0. The summed E-state index contributed by atoms with van der Waals surface area (Å²) in [6.45, 7) is 7.58. The van der Waals surface area contributed by atoms with Crippen LogP contribution in [-0.2, 0) is 9.59 Å². The number of Topliss-reactive ketones (excluding diaryl/α,β-unsaturated/α-hetero) is 1. The van der Waals surface area contributed by atoms with Crippen molar-refractivity contribution in [2.24, 2.45) is 0 Å². The zero-order valence-electron chi connectivity index (χ0n) is 20.5. The van der Waals surface area contributed by atoms with Crippen molar-refractivity contribution in [2.45, 2.75) is 52.0 Å². The number of hydrogen-bond acceptors (Lipinski definition) is 5. The van der Waals surface area contributed by atoms with Crippen molar-refractivity contribution in [2.75, 3.05) is 26.2 Å². The van der Waals surface area contributed by atoms with Crippen LogP contribution in [0.25, 0.3) is 5.76 Å². The van der Waals surface area contributed by atoms with E-state index in [0.29, 0.717) is 29.1 Å². The first-order valence-corrected chi connectivity index (χ1v) is 12.8. The first-order chi connectivity index (χ1) is 16.9. The summed E-state index contributed by atoms with van der Waals surface area (Å²) in [5.41, 5.74) is 1.01. The number of rotatable bonds is 12. The van der Waals surface area contributed by atoms with Gasteiger partial charge in [0, 0.05) is 17.1 Å². The maximum atomic E-state index is 13.1. The molecule has 2 aromatic rings. The first-order valence-electron chi connectivity index (χ1n) is 12.4. The molecule has 1 amide bonds. The standard InChI is InChI=1S/C28H35ClN2O4/c1-3-5-15-30(16-6-4-2)17-8-18-31-25(21-9-7-10-23(32)19-21)24(27(34)28(31)35)26(33)20-11-13-22(29)14-12-20/h7,9-14,19,25,32-33H,3-6,8,15-18H2,1-2H3/t25-/m0/s1. The second-order valence-electron chi connectivity index (χ2n) is 9.00. The molecule has 7 heteroatoms. The van der Waals surface area contributed by atoms with E-state index in [0.717, 1.165) is 45.3 Å². The number of aliphatic hydroxyl groups excluding tert-OH is 1. The zero-order chi connectivity index (χ0) is 25.4. The molecule has 0 radical (unpaired) electrons. The van der Waals surface area contributed by atoms with Gasteiger partial charge in [-0.25, -0.2) is 0 Å². The van der Waals surface area contributed by atoms with Crippen LogP contribution < -0.4 is 0 Å². The van der Waals surface area contributed by atoms with E-state index in [1.54, 1.807) is 36.4 Å². The van der Waals surface area contributed by atoms with Gasteiger partial charge in [-0.05, 0) is 80.9 Å². The molecule has 2 aromatic carbocycles. The number of carbonyl (C=O) groups is 2. The third kappa shape index (κ3) is 6.65. The number of ketones is 1. The minimum atomic E-state index is -0.780. The highest BCUT2D eigenvalue weighted by Gasteiger charge is 2.45. The quantitative estimate of drug-likeness (QED) is 0.221. The van der Waals surface area contributed by atoms with Gasteiger partial charge in [-0.3, -0.25) is 9.59 Å². The molecule has 1 heterocycles. The number of hydrogen-bond donors (Lipinski definition) is 2. The molecule has 0 spiro atoms. The molecule has 2 N–H and O–H groups in total. The normalized spacial score (nSPS) is 17.5. The lowest BCUT2D eigenvalue weighted by molar-refractivity contribution is -0.140. The van der Waals surface area contributed by atoms with Crippen LogP contribution in [0, 0.1) is 0 Å². The van der Waals surface area contributed by atoms with Gasteiger partial charge >= 0.3 is 0 Å². The Bertz CT molecular complexity index is 1040. The molecule has 6 nitrogen and oxygen atoms in total. The first kappa shape index (κ1) is 26.8. The van der Waals surface area contributed by atoms with E-state index in [4.69, 9.17) is 11.6 Å². The Morgan fingerprint density at radius 2 is 1.60 bits per heavy atom. The Kier molecular flexibility index (Phi) is 9.75. The Hall–Kier alpha value is -2.83. The van der Waals surface area contributed by atoms with Crippen molar-refractivity contribution in [1.82, 2.24) is 9.80 Å². The van der Waals surface area contributed by atoms with Crippen LogP contribution >= 0.6 is 11.6 Å². The van der Waals surface area contributed by atoms with Gasteiger partial charge in [0.25, 0.3) is 11.7 Å². The van der Waals surface area contributed by atoms with Gasteiger partial charge in [0.1, 0.15) is 11.5 Å². The van der Waals surface area contributed by atoms with Gasteiger partial charge in [-0.2, -0.15) is 0 Å². The van der Waals surface area contributed by atoms with Gasteiger partial charge in [-0.1, -0.05) is 50.4 Å². The van der Waals surface area contributed by atoms with Crippen molar-refractivity contribution in [3.8, 4) is 5.75 Å². The summed E-state index contributed by atoms with van der Waals surface area (Å²) in [5.74, 6) is -1.57. The van der Waals surface area contributed by atoms with Crippen LogP contribution in [-0.4, -0.2) is 57.9 Å². The lowest BCUT2D eigenvalue weighted by Crippen LogP contribution is -2.34. The topological polar surface area (TPSA) is 81.1 Å². The zero-order valence-corrected chi connectivity index (χ0v) is 21.3. The average molecular weight is 499 g/mol. The number of likely N-dealkylation sites (tertiary alicyclic amines) is 1. The molecule has 35 heavy (non-hydrogen) atoms. The van der Waals surface area contributed by atoms with Crippen LogP contribution in [0.1, 0.15) is 63.1 Å². The summed E-state index contributed by atoms with van der Waals surface area (Å²) in [6.07, 6.45) is 5.20. The summed E-state index contributed by atoms with van der Waals surface area (Å²) in [5, 5.41) is 21.7. The lowest BCUT2D eigenvalue weighted by atomic mass is 9.95. The van der Waals surface area contributed by atoms with E-state index < -0.39 is 17.7 Å². The number of halogens is 1. The van der Waals surface area contributed by atoms with E-state index in [-0.39, 0.29) is 17.1 Å². The number of nitrogens with zero attached hydrogens (tertiary/aromatic N) is 2. The Morgan fingerprint density at radius 3 is 2.20 bits per heavy atom. The fourth-order valence-electron chi connectivity index (χ4n) is 4.48. The van der Waals surface area contributed by atoms with E-state index in [9.17, 15) is 19.8 Å². The third-order valence-corrected chi connectivity index (χ3v) is 6.62. The molecule has 1 aliphatic heterocycles. The highest BCUT2D eigenvalue weighted by Crippen LogP contribution is 2.40. The van der Waals surface area contributed by atoms with Gasteiger partial charge in [0.2, 0.25) is 0 Å². The number of aromatic hydroxyl groups is 1. The molecule has 188 valence electrons. The summed E-state index contributed by atoms with van der Waals surface area (Å²) in [7, 11) is 0.